The van der Waals surface area contributed by atoms with E-state index in [2.05, 4.69) is 30.2 Å². The van der Waals surface area contributed by atoms with E-state index in [1.54, 1.807) is 24.8 Å². The molecule has 10 heteroatoms. The number of anilines is 1. The van der Waals surface area contributed by atoms with Gasteiger partial charge in [-0.05, 0) is 38.7 Å². The number of pyridine rings is 1. The molecule has 0 radical (unpaired) electrons. The third-order valence-corrected chi connectivity index (χ3v) is 6.08. The fourth-order valence-corrected chi connectivity index (χ4v) is 4.27. The van der Waals surface area contributed by atoms with Crippen molar-refractivity contribution in [2.75, 3.05) is 31.2 Å². The molecule has 4 heterocycles. The van der Waals surface area contributed by atoms with E-state index in [9.17, 15) is 4.79 Å². The number of amides is 1. The van der Waals surface area contributed by atoms with E-state index in [1.165, 1.54) is 0 Å². The Morgan fingerprint density at radius 1 is 1.15 bits per heavy atom. The minimum Gasteiger partial charge on any atom is -0.474 e. The van der Waals surface area contributed by atoms with Gasteiger partial charge in [0.2, 0.25) is 11.7 Å². The number of nitrogens with one attached hydrogen (secondary N) is 1. The molecule has 1 saturated carbocycles. The molecular weight excluding hydrogens is 422 g/mol. The van der Waals surface area contributed by atoms with Gasteiger partial charge in [0.15, 0.2) is 0 Å². The Morgan fingerprint density at radius 3 is 2.76 bits per heavy atom. The molecule has 1 amide bonds. The summed E-state index contributed by atoms with van der Waals surface area (Å²) in [6.45, 7) is 4.79. The van der Waals surface area contributed by atoms with Crippen LogP contribution in [-0.2, 0) is 4.74 Å². The first-order valence-corrected chi connectivity index (χ1v) is 11.4. The fourth-order valence-electron chi connectivity index (χ4n) is 4.27. The highest BCUT2D eigenvalue weighted by atomic mass is 16.5. The maximum absolute atomic E-state index is 12.5. The quantitative estimate of drug-likeness (QED) is 0.625. The van der Waals surface area contributed by atoms with Crippen LogP contribution >= 0.6 is 0 Å². The van der Waals surface area contributed by atoms with Crippen LogP contribution in [0.2, 0.25) is 0 Å². The molecule has 0 unspecified atom stereocenters. The molecule has 1 N–H and O–H groups in total. The van der Waals surface area contributed by atoms with E-state index in [0.29, 0.717) is 19.1 Å². The van der Waals surface area contributed by atoms with Crippen molar-refractivity contribution in [1.82, 2.24) is 30.2 Å². The Balaban J connectivity index is 1.25. The summed E-state index contributed by atoms with van der Waals surface area (Å²) >= 11 is 0. The van der Waals surface area contributed by atoms with Crippen LogP contribution in [-0.4, -0.2) is 69.3 Å². The summed E-state index contributed by atoms with van der Waals surface area (Å²) in [5.41, 5.74) is 1.59. The summed E-state index contributed by atoms with van der Waals surface area (Å²) in [4.78, 5) is 36.3. The first kappa shape index (κ1) is 21.4. The molecule has 0 atom stereocenters. The molecule has 3 aromatic rings. The topological polar surface area (TPSA) is 115 Å². The van der Waals surface area contributed by atoms with Gasteiger partial charge in [-0.25, -0.2) is 19.9 Å². The second-order valence-electron chi connectivity index (χ2n) is 8.43. The van der Waals surface area contributed by atoms with Crippen LogP contribution in [0.1, 0.15) is 42.0 Å². The van der Waals surface area contributed by atoms with E-state index in [-0.39, 0.29) is 23.9 Å². The van der Waals surface area contributed by atoms with Crippen molar-refractivity contribution >= 4 is 22.6 Å². The summed E-state index contributed by atoms with van der Waals surface area (Å²) in [5.74, 6) is 1.39. The molecule has 0 bridgehead atoms. The summed E-state index contributed by atoms with van der Waals surface area (Å²) in [5, 5.41) is 3.86. The van der Waals surface area contributed by atoms with Crippen molar-refractivity contribution in [3.63, 3.8) is 0 Å². The minimum atomic E-state index is -0.230. The number of hydrogen-bond acceptors (Lipinski definition) is 9. The zero-order chi connectivity index (χ0) is 22.6. The smallest absolute Gasteiger partial charge is 0.289 e. The Labute approximate surface area is 191 Å². The number of aryl methyl sites for hydroxylation is 1. The fraction of sp³-hybridized carbons (Fsp3) is 0.478. The molecule has 5 rings (SSSR count). The highest BCUT2D eigenvalue weighted by molar-refractivity contribution is 5.90. The van der Waals surface area contributed by atoms with E-state index >= 15 is 0 Å². The SMILES string of the molecule is Cc1ccnc(C(=O)NC2CCC(Oc3nc(N4CCOCC4)cc4ncncc34)CC2)n1. The van der Waals surface area contributed by atoms with Gasteiger partial charge in [-0.15, -0.1) is 0 Å². The zero-order valence-electron chi connectivity index (χ0n) is 18.6. The molecular formula is C23H27N7O3. The number of nitrogens with zero attached hydrogens (tertiary/aromatic N) is 6. The normalized spacial score (nSPS) is 21.1. The van der Waals surface area contributed by atoms with E-state index < -0.39 is 0 Å². The highest BCUT2D eigenvalue weighted by Crippen LogP contribution is 2.30. The largest absolute Gasteiger partial charge is 0.474 e. The molecule has 2 aliphatic rings. The maximum Gasteiger partial charge on any atom is 0.289 e. The Kier molecular flexibility index (Phi) is 6.25. The summed E-state index contributed by atoms with van der Waals surface area (Å²) in [7, 11) is 0. The lowest BCUT2D eigenvalue weighted by Crippen LogP contribution is -2.40. The van der Waals surface area contributed by atoms with Crippen LogP contribution < -0.4 is 15.0 Å². The number of aromatic nitrogens is 5. The Bertz CT molecular complexity index is 1130. The van der Waals surface area contributed by atoms with Gasteiger partial charge in [0.05, 0.1) is 24.1 Å². The van der Waals surface area contributed by atoms with Gasteiger partial charge < -0.3 is 19.7 Å². The summed E-state index contributed by atoms with van der Waals surface area (Å²) in [6.07, 6.45) is 8.19. The molecule has 3 aromatic heterocycles. The lowest BCUT2D eigenvalue weighted by molar-refractivity contribution is 0.0881. The highest BCUT2D eigenvalue weighted by Gasteiger charge is 2.26. The lowest BCUT2D eigenvalue weighted by atomic mass is 9.93. The van der Waals surface area contributed by atoms with Gasteiger partial charge in [-0.1, -0.05) is 0 Å². The maximum atomic E-state index is 12.5. The van der Waals surface area contributed by atoms with Crippen LogP contribution in [0.4, 0.5) is 5.82 Å². The standard InChI is InChI=1S/C23H27N7O3/c1-15-6-7-25-21(27-15)22(31)28-16-2-4-17(5-3-16)33-23-18-13-24-14-26-19(18)12-20(29-23)30-8-10-32-11-9-30/h6-7,12-14,16-17H,2-5,8-11H2,1H3,(H,28,31). The summed E-state index contributed by atoms with van der Waals surface area (Å²) < 4.78 is 11.8. The van der Waals surface area contributed by atoms with Crippen molar-refractivity contribution in [1.29, 1.82) is 0 Å². The molecule has 1 aliphatic carbocycles. The van der Waals surface area contributed by atoms with Gasteiger partial charge in [-0.2, -0.15) is 4.98 Å². The van der Waals surface area contributed by atoms with Crippen molar-refractivity contribution < 1.29 is 14.3 Å². The second-order valence-corrected chi connectivity index (χ2v) is 8.43. The predicted molar refractivity (Wildman–Crippen MR) is 121 cm³/mol. The number of hydrogen-bond donors (Lipinski definition) is 1. The minimum absolute atomic E-state index is 0.0178. The van der Waals surface area contributed by atoms with Gasteiger partial charge in [0, 0.05) is 43.3 Å². The number of ether oxygens (including phenoxy) is 2. The number of carbonyl (C=O) groups excluding carboxylic acids is 1. The Hall–Kier alpha value is -3.40. The number of rotatable bonds is 5. The zero-order valence-corrected chi connectivity index (χ0v) is 18.6. The van der Waals surface area contributed by atoms with Crippen molar-refractivity contribution in [3.8, 4) is 5.88 Å². The van der Waals surface area contributed by atoms with Crippen LogP contribution in [0, 0.1) is 6.92 Å². The van der Waals surface area contributed by atoms with Crippen LogP contribution in [0.5, 0.6) is 5.88 Å². The van der Waals surface area contributed by atoms with Crippen LogP contribution in [0.25, 0.3) is 10.9 Å². The monoisotopic (exact) mass is 449 g/mol. The van der Waals surface area contributed by atoms with E-state index in [1.807, 2.05) is 13.0 Å². The van der Waals surface area contributed by atoms with E-state index in [4.69, 9.17) is 14.5 Å². The van der Waals surface area contributed by atoms with Gasteiger partial charge in [0.25, 0.3) is 5.91 Å². The number of carbonyl (C=O) groups is 1. The second kappa shape index (κ2) is 9.62. The third-order valence-electron chi connectivity index (χ3n) is 6.08. The van der Waals surface area contributed by atoms with Gasteiger partial charge in [0.1, 0.15) is 18.2 Å². The van der Waals surface area contributed by atoms with Crippen LogP contribution in [0.3, 0.4) is 0 Å². The van der Waals surface area contributed by atoms with Gasteiger partial charge in [-0.3, -0.25) is 4.79 Å². The lowest BCUT2D eigenvalue weighted by Gasteiger charge is -2.30. The molecule has 2 fully saturated rings. The first-order valence-electron chi connectivity index (χ1n) is 11.4. The molecule has 172 valence electrons. The number of morpholine rings is 1. The van der Waals surface area contributed by atoms with Crippen molar-refractivity contribution in [3.05, 3.63) is 42.4 Å². The first-order chi connectivity index (χ1) is 16.2. The molecule has 1 saturated heterocycles. The van der Waals surface area contributed by atoms with E-state index in [0.717, 1.165) is 61.2 Å². The molecule has 0 aromatic carbocycles. The average Bonchev–Trinajstić information content (AvgIpc) is 2.85. The molecule has 0 spiro atoms. The van der Waals surface area contributed by atoms with Crippen LogP contribution in [0.15, 0.2) is 30.9 Å². The summed E-state index contributed by atoms with van der Waals surface area (Å²) in [6, 6.07) is 3.83. The van der Waals surface area contributed by atoms with Crippen molar-refractivity contribution in [2.45, 2.75) is 44.8 Å². The Morgan fingerprint density at radius 2 is 1.97 bits per heavy atom. The van der Waals surface area contributed by atoms with Gasteiger partial charge >= 0.3 is 0 Å². The average molecular weight is 450 g/mol. The third kappa shape index (κ3) is 5.00. The molecule has 33 heavy (non-hydrogen) atoms. The van der Waals surface area contributed by atoms with Crippen molar-refractivity contribution in [2.24, 2.45) is 0 Å². The molecule has 10 nitrogen and oxygen atoms in total. The predicted octanol–water partition coefficient (Wildman–Crippen LogP) is 2.08. The molecule has 1 aliphatic heterocycles. The number of fused-ring (bicyclic) bond motifs is 1.